The zero-order valence-electron chi connectivity index (χ0n) is 7.50. The molecule has 0 saturated carbocycles. The molecule has 1 heterocycles. The fourth-order valence-electron chi connectivity index (χ4n) is 0.790. The van der Waals surface area contributed by atoms with Gasteiger partial charge in [-0.3, -0.25) is 0 Å². The van der Waals surface area contributed by atoms with Crippen molar-refractivity contribution in [1.29, 1.82) is 0 Å². The molecule has 0 spiro atoms. The Hall–Kier alpha value is -0.870. The predicted molar refractivity (Wildman–Crippen MR) is 53.8 cm³/mol. The lowest BCUT2D eigenvalue weighted by atomic mass is 10.2. The van der Waals surface area contributed by atoms with E-state index in [9.17, 15) is 0 Å². The monoisotopic (exact) mass is 200 g/mol. The molecule has 1 rings (SSSR count). The van der Waals surface area contributed by atoms with Gasteiger partial charge in [0.05, 0.1) is 0 Å². The van der Waals surface area contributed by atoms with E-state index in [2.05, 4.69) is 15.5 Å². The Morgan fingerprint density at radius 1 is 1.54 bits per heavy atom. The van der Waals surface area contributed by atoms with Crippen LogP contribution in [-0.4, -0.2) is 22.8 Å². The van der Waals surface area contributed by atoms with E-state index in [4.69, 9.17) is 17.3 Å². The summed E-state index contributed by atoms with van der Waals surface area (Å²) >= 11 is 5.58. The highest BCUT2D eigenvalue weighted by Gasteiger charge is 1.99. The Labute approximate surface area is 82.5 Å². The van der Waals surface area contributed by atoms with E-state index in [0.717, 1.165) is 6.42 Å². The van der Waals surface area contributed by atoms with Crippen molar-refractivity contribution >= 4 is 17.4 Å². The maximum Gasteiger partial charge on any atom is 0.151 e. The van der Waals surface area contributed by atoms with Crippen LogP contribution in [0.5, 0.6) is 0 Å². The molecule has 72 valence electrons. The third kappa shape index (κ3) is 3.57. The SMILES string of the molecule is CCC(N)CNc1ccc(Cl)nn1. The zero-order chi connectivity index (χ0) is 9.68. The number of aromatic nitrogens is 2. The van der Waals surface area contributed by atoms with Crippen molar-refractivity contribution in [2.75, 3.05) is 11.9 Å². The smallest absolute Gasteiger partial charge is 0.151 e. The summed E-state index contributed by atoms with van der Waals surface area (Å²) in [5.41, 5.74) is 5.71. The summed E-state index contributed by atoms with van der Waals surface area (Å²) < 4.78 is 0. The maximum atomic E-state index is 5.71. The summed E-state index contributed by atoms with van der Waals surface area (Å²) in [4.78, 5) is 0. The number of nitrogens with zero attached hydrogens (tertiary/aromatic N) is 2. The second kappa shape index (κ2) is 4.99. The van der Waals surface area contributed by atoms with Gasteiger partial charge in [0.2, 0.25) is 0 Å². The van der Waals surface area contributed by atoms with E-state index in [0.29, 0.717) is 17.5 Å². The molecule has 0 saturated heterocycles. The average Bonchev–Trinajstić information content (AvgIpc) is 2.16. The molecule has 0 aliphatic heterocycles. The summed E-state index contributed by atoms with van der Waals surface area (Å²) in [5, 5.41) is 11.0. The predicted octanol–water partition coefficient (Wildman–Crippen LogP) is 1.28. The van der Waals surface area contributed by atoms with Gasteiger partial charge in [-0.25, -0.2) is 0 Å². The van der Waals surface area contributed by atoms with Gasteiger partial charge in [-0.2, -0.15) is 0 Å². The van der Waals surface area contributed by atoms with Crippen LogP contribution in [0.2, 0.25) is 5.15 Å². The summed E-state index contributed by atoms with van der Waals surface area (Å²) in [6.07, 6.45) is 0.939. The molecule has 0 aliphatic rings. The maximum absolute atomic E-state index is 5.71. The van der Waals surface area contributed by atoms with Crippen LogP contribution in [0.25, 0.3) is 0 Å². The van der Waals surface area contributed by atoms with Gasteiger partial charge in [0, 0.05) is 12.6 Å². The number of nitrogens with one attached hydrogen (secondary N) is 1. The second-order valence-electron chi connectivity index (χ2n) is 2.79. The number of rotatable bonds is 4. The highest BCUT2D eigenvalue weighted by molar-refractivity contribution is 6.29. The van der Waals surface area contributed by atoms with Gasteiger partial charge in [-0.1, -0.05) is 18.5 Å². The number of anilines is 1. The van der Waals surface area contributed by atoms with Crippen LogP contribution in [0.4, 0.5) is 5.82 Å². The molecule has 0 aromatic carbocycles. The van der Waals surface area contributed by atoms with E-state index in [-0.39, 0.29) is 6.04 Å². The van der Waals surface area contributed by atoms with Gasteiger partial charge in [-0.15, -0.1) is 10.2 Å². The third-order valence-corrected chi connectivity index (χ3v) is 1.90. The summed E-state index contributed by atoms with van der Waals surface area (Å²) in [6, 6.07) is 3.61. The molecule has 0 fully saturated rings. The molecule has 5 heteroatoms. The standard InChI is InChI=1S/C8H13ClN4/c1-2-6(10)5-11-8-4-3-7(9)12-13-8/h3-4,6H,2,5,10H2,1H3,(H,11,13). The summed E-state index contributed by atoms with van der Waals surface area (Å²) in [6.45, 7) is 2.74. The van der Waals surface area contributed by atoms with Crippen molar-refractivity contribution < 1.29 is 0 Å². The van der Waals surface area contributed by atoms with Crippen LogP contribution in [0.15, 0.2) is 12.1 Å². The zero-order valence-corrected chi connectivity index (χ0v) is 8.25. The van der Waals surface area contributed by atoms with Crippen molar-refractivity contribution in [3.63, 3.8) is 0 Å². The van der Waals surface area contributed by atoms with Crippen LogP contribution in [0.3, 0.4) is 0 Å². The van der Waals surface area contributed by atoms with Gasteiger partial charge < -0.3 is 11.1 Å². The molecule has 0 aliphatic carbocycles. The minimum absolute atomic E-state index is 0.150. The molecule has 4 nitrogen and oxygen atoms in total. The Morgan fingerprint density at radius 3 is 2.85 bits per heavy atom. The van der Waals surface area contributed by atoms with Crippen LogP contribution >= 0.6 is 11.6 Å². The van der Waals surface area contributed by atoms with E-state index in [1.807, 2.05) is 6.92 Å². The highest BCUT2D eigenvalue weighted by atomic mass is 35.5. The normalized spacial score (nSPS) is 12.5. The Bertz CT molecular complexity index is 249. The van der Waals surface area contributed by atoms with Crippen LogP contribution in [0, 0.1) is 0 Å². The molecule has 13 heavy (non-hydrogen) atoms. The minimum Gasteiger partial charge on any atom is -0.367 e. The first-order chi connectivity index (χ1) is 6.22. The summed E-state index contributed by atoms with van der Waals surface area (Å²) in [7, 11) is 0. The quantitative estimate of drug-likeness (QED) is 0.769. The lowest BCUT2D eigenvalue weighted by Gasteiger charge is -2.09. The Morgan fingerprint density at radius 2 is 2.31 bits per heavy atom. The molecule has 0 radical (unpaired) electrons. The molecule has 0 bridgehead atoms. The highest BCUT2D eigenvalue weighted by Crippen LogP contribution is 2.05. The van der Waals surface area contributed by atoms with Gasteiger partial charge in [0.1, 0.15) is 5.82 Å². The molecule has 1 atom stereocenters. The first-order valence-corrected chi connectivity index (χ1v) is 4.59. The van der Waals surface area contributed by atoms with Crippen molar-refractivity contribution in [1.82, 2.24) is 10.2 Å². The molecule has 1 aromatic heterocycles. The number of halogens is 1. The van der Waals surface area contributed by atoms with Crippen molar-refractivity contribution in [3.8, 4) is 0 Å². The molecule has 0 amide bonds. The van der Waals surface area contributed by atoms with E-state index in [1.165, 1.54) is 0 Å². The number of hydrogen-bond donors (Lipinski definition) is 2. The molecular weight excluding hydrogens is 188 g/mol. The average molecular weight is 201 g/mol. The molecule has 1 unspecified atom stereocenters. The Kier molecular flexibility index (Phi) is 3.92. The minimum atomic E-state index is 0.150. The fourth-order valence-corrected chi connectivity index (χ4v) is 0.891. The van der Waals surface area contributed by atoms with Crippen molar-refractivity contribution in [2.45, 2.75) is 19.4 Å². The number of hydrogen-bond acceptors (Lipinski definition) is 4. The lowest BCUT2D eigenvalue weighted by molar-refractivity contribution is 0.677. The molecular formula is C8H13ClN4. The van der Waals surface area contributed by atoms with Crippen LogP contribution in [-0.2, 0) is 0 Å². The van der Waals surface area contributed by atoms with Gasteiger partial charge in [-0.05, 0) is 18.6 Å². The van der Waals surface area contributed by atoms with Crippen LogP contribution < -0.4 is 11.1 Å². The molecule has 1 aromatic rings. The Balaban J connectivity index is 2.41. The van der Waals surface area contributed by atoms with Gasteiger partial charge in [0.25, 0.3) is 0 Å². The van der Waals surface area contributed by atoms with Crippen molar-refractivity contribution in [2.24, 2.45) is 5.73 Å². The number of nitrogens with two attached hydrogens (primary N) is 1. The lowest BCUT2D eigenvalue weighted by Crippen LogP contribution is -2.28. The molecule has 3 N–H and O–H groups in total. The summed E-state index contributed by atoms with van der Waals surface area (Å²) in [5.74, 6) is 0.702. The van der Waals surface area contributed by atoms with E-state index in [1.54, 1.807) is 12.1 Å². The van der Waals surface area contributed by atoms with Gasteiger partial charge in [0.15, 0.2) is 5.15 Å². The third-order valence-electron chi connectivity index (χ3n) is 1.70. The van der Waals surface area contributed by atoms with Crippen LogP contribution in [0.1, 0.15) is 13.3 Å². The fraction of sp³-hybridized carbons (Fsp3) is 0.500. The topological polar surface area (TPSA) is 63.8 Å². The van der Waals surface area contributed by atoms with Crippen molar-refractivity contribution in [3.05, 3.63) is 17.3 Å². The van der Waals surface area contributed by atoms with Gasteiger partial charge >= 0.3 is 0 Å². The second-order valence-corrected chi connectivity index (χ2v) is 3.18. The first kappa shape index (κ1) is 10.2. The van der Waals surface area contributed by atoms with E-state index < -0.39 is 0 Å². The first-order valence-electron chi connectivity index (χ1n) is 4.21. The van der Waals surface area contributed by atoms with E-state index >= 15 is 0 Å². The largest absolute Gasteiger partial charge is 0.367 e.